The van der Waals surface area contributed by atoms with Crippen LogP contribution in [-0.4, -0.2) is 38.5 Å². The molecule has 2 saturated heterocycles. The summed E-state index contributed by atoms with van der Waals surface area (Å²) in [5.74, 6) is 0. The minimum absolute atomic E-state index is 0.590. The van der Waals surface area contributed by atoms with Gasteiger partial charge >= 0.3 is 0 Å². The Balaban J connectivity index is 1.71. The molecule has 14 heavy (non-hydrogen) atoms. The Morgan fingerprint density at radius 1 is 0.786 bits per heavy atom. The van der Waals surface area contributed by atoms with Crippen LogP contribution in [0.2, 0.25) is 0 Å². The van der Waals surface area contributed by atoms with Crippen molar-refractivity contribution in [2.75, 3.05) is 26.4 Å². The van der Waals surface area contributed by atoms with E-state index in [-0.39, 0.29) is 0 Å². The van der Waals surface area contributed by atoms with Gasteiger partial charge in [-0.25, -0.2) is 0 Å². The van der Waals surface area contributed by atoms with Gasteiger partial charge in [0.1, 0.15) is 0 Å². The van der Waals surface area contributed by atoms with Crippen molar-refractivity contribution in [3.63, 3.8) is 0 Å². The molecular weight excluding hydrogens is 178 g/mol. The van der Waals surface area contributed by atoms with E-state index >= 15 is 0 Å². The van der Waals surface area contributed by atoms with E-state index < -0.39 is 0 Å². The van der Waals surface area contributed by atoms with Gasteiger partial charge in [0.25, 0.3) is 0 Å². The Bertz CT molecular complexity index is 149. The fraction of sp³-hybridized carbons (Fsp3) is 1.00. The summed E-state index contributed by atoms with van der Waals surface area (Å²) < 4.78 is 10.9. The number of hydrogen-bond donors (Lipinski definition) is 1. The maximum Gasteiger partial charge on any atom is 0.0619 e. The van der Waals surface area contributed by atoms with Crippen LogP contribution in [0.25, 0.3) is 0 Å². The normalized spacial score (nSPS) is 35.1. The zero-order valence-electron chi connectivity index (χ0n) is 8.84. The summed E-state index contributed by atoms with van der Waals surface area (Å²) in [6, 6.07) is 1.25. The zero-order chi connectivity index (χ0) is 9.64. The van der Waals surface area contributed by atoms with Gasteiger partial charge in [-0.3, -0.25) is 0 Å². The summed E-state index contributed by atoms with van der Waals surface area (Å²) in [6.45, 7) is 3.72. The summed E-state index contributed by atoms with van der Waals surface area (Å²) in [5, 5.41) is 3.69. The maximum absolute atomic E-state index is 5.46. The van der Waals surface area contributed by atoms with Crippen molar-refractivity contribution in [2.45, 2.75) is 44.2 Å². The summed E-state index contributed by atoms with van der Waals surface area (Å²) in [7, 11) is 0. The third-order valence-electron chi connectivity index (χ3n) is 3.08. The Labute approximate surface area is 86.2 Å². The first-order valence-corrected chi connectivity index (χ1v) is 5.87. The second-order valence-corrected chi connectivity index (χ2v) is 4.32. The first-order valence-electron chi connectivity index (χ1n) is 5.87. The SMILES string of the molecule is C1COCCC(NC2CCCOC2)C1. The third-order valence-corrected chi connectivity index (χ3v) is 3.08. The van der Waals surface area contributed by atoms with Gasteiger partial charge in [0.2, 0.25) is 0 Å². The smallest absolute Gasteiger partial charge is 0.0619 e. The lowest BCUT2D eigenvalue weighted by Gasteiger charge is -2.27. The van der Waals surface area contributed by atoms with Crippen molar-refractivity contribution in [1.29, 1.82) is 0 Å². The summed E-state index contributed by atoms with van der Waals surface area (Å²) in [5.41, 5.74) is 0. The molecule has 0 aromatic carbocycles. The number of rotatable bonds is 2. The van der Waals surface area contributed by atoms with Gasteiger partial charge in [-0.2, -0.15) is 0 Å². The van der Waals surface area contributed by atoms with E-state index in [9.17, 15) is 0 Å². The largest absolute Gasteiger partial charge is 0.381 e. The second kappa shape index (κ2) is 5.69. The molecule has 0 amide bonds. The van der Waals surface area contributed by atoms with Crippen molar-refractivity contribution in [2.24, 2.45) is 0 Å². The van der Waals surface area contributed by atoms with E-state index in [0.29, 0.717) is 12.1 Å². The van der Waals surface area contributed by atoms with E-state index in [1.165, 1.54) is 25.7 Å². The average molecular weight is 199 g/mol. The quantitative estimate of drug-likeness (QED) is 0.727. The maximum atomic E-state index is 5.46. The predicted octanol–water partition coefficient (Wildman–Crippen LogP) is 1.32. The number of nitrogens with one attached hydrogen (secondary N) is 1. The molecule has 0 radical (unpaired) electrons. The lowest BCUT2D eigenvalue weighted by Crippen LogP contribution is -2.43. The van der Waals surface area contributed by atoms with E-state index in [1.807, 2.05) is 0 Å². The Morgan fingerprint density at radius 2 is 1.57 bits per heavy atom. The highest BCUT2D eigenvalue weighted by Gasteiger charge is 2.19. The van der Waals surface area contributed by atoms with Gasteiger partial charge in [-0.15, -0.1) is 0 Å². The van der Waals surface area contributed by atoms with Gasteiger partial charge in [0, 0.05) is 31.9 Å². The molecule has 2 aliphatic rings. The molecule has 0 aliphatic carbocycles. The molecule has 0 saturated carbocycles. The summed E-state index contributed by atoms with van der Waals surface area (Å²) >= 11 is 0. The van der Waals surface area contributed by atoms with Crippen molar-refractivity contribution in [1.82, 2.24) is 5.32 Å². The van der Waals surface area contributed by atoms with E-state index in [1.54, 1.807) is 0 Å². The molecule has 2 rings (SSSR count). The molecule has 0 bridgehead atoms. The van der Waals surface area contributed by atoms with Crippen molar-refractivity contribution >= 4 is 0 Å². The highest BCUT2D eigenvalue weighted by molar-refractivity contribution is 4.77. The molecule has 2 unspecified atom stereocenters. The fourth-order valence-corrected chi connectivity index (χ4v) is 2.28. The molecule has 82 valence electrons. The molecule has 0 spiro atoms. The first kappa shape index (κ1) is 10.4. The molecule has 2 atom stereocenters. The van der Waals surface area contributed by atoms with Gasteiger partial charge < -0.3 is 14.8 Å². The van der Waals surface area contributed by atoms with Crippen LogP contribution in [0.15, 0.2) is 0 Å². The molecule has 1 N–H and O–H groups in total. The molecule has 3 nitrogen and oxygen atoms in total. The molecule has 2 fully saturated rings. The number of hydrogen-bond acceptors (Lipinski definition) is 3. The first-order chi connectivity index (χ1) is 6.95. The van der Waals surface area contributed by atoms with Crippen LogP contribution in [0.5, 0.6) is 0 Å². The van der Waals surface area contributed by atoms with Gasteiger partial charge in [0.15, 0.2) is 0 Å². The molecule has 2 heterocycles. The van der Waals surface area contributed by atoms with Crippen LogP contribution >= 0.6 is 0 Å². The fourth-order valence-electron chi connectivity index (χ4n) is 2.28. The van der Waals surface area contributed by atoms with Crippen LogP contribution in [0.1, 0.15) is 32.1 Å². The number of ether oxygens (including phenoxy) is 2. The predicted molar refractivity (Wildman–Crippen MR) is 55.4 cm³/mol. The summed E-state index contributed by atoms with van der Waals surface area (Å²) in [4.78, 5) is 0. The van der Waals surface area contributed by atoms with Crippen LogP contribution in [0.3, 0.4) is 0 Å². The highest BCUT2D eigenvalue weighted by atomic mass is 16.5. The summed E-state index contributed by atoms with van der Waals surface area (Å²) in [6.07, 6.45) is 6.11. The van der Waals surface area contributed by atoms with Crippen LogP contribution < -0.4 is 5.32 Å². The van der Waals surface area contributed by atoms with Crippen LogP contribution in [0.4, 0.5) is 0 Å². The van der Waals surface area contributed by atoms with E-state index in [2.05, 4.69) is 5.32 Å². The van der Waals surface area contributed by atoms with Gasteiger partial charge in [0.05, 0.1) is 6.61 Å². The zero-order valence-corrected chi connectivity index (χ0v) is 8.84. The second-order valence-electron chi connectivity index (χ2n) is 4.32. The highest BCUT2D eigenvalue weighted by Crippen LogP contribution is 2.12. The van der Waals surface area contributed by atoms with Crippen molar-refractivity contribution in [3.8, 4) is 0 Å². The van der Waals surface area contributed by atoms with Gasteiger partial charge in [-0.1, -0.05) is 0 Å². The minimum atomic E-state index is 0.590. The topological polar surface area (TPSA) is 30.5 Å². The third kappa shape index (κ3) is 3.23. The molecule has 2 aliphatic heterocycles. The standard InChI is InChI=1S/C11H21NO2/c1-3-10(5-8-13-6-1)12-11-4-2-7-14-9-11/h10-12H,1-9H2. The average Bonchev–Trinajstić information content (AvgIpc) is 2.48. The van der Waals surface area contributed by atoms with Crippen LogP contribution in [-0.2, 0) is 9.47 Å². The lowest BCUT2D eigenvalue weighted by molar-refractivity contribution is 0.0649. The van der Waals surface area contributed by atoms with Crippen LogP contribution in [0, 0.1) is 0 Å². The Morgan fingerprint density at radius 3 is 2.43 bits per heavy atom. The van der Waals surface area contributed by atoms with E-state index in [4.69, 9.17) is 9.47 Å². The van der Waals surface area contributed by atoms with Gasteiger partial charge in [-0.05, 0) is 32.1 Å². The van der Waals surface area contributed by atoms with Crippen molar-refractivity contribution in [3.05, 3.63) is 0 Å². The molecular formula is C11H21NO2. The van der Waals surface area contributed by atoms with E-state index in [0.717, 1.165) is 32.8 Å². The van der Waals surface area contributed by atoms with Crippen molar-refractivity contribution < 1.29 is 9.47 Å². The lowest BCUT2D eigenvalue weighted by atomic mass is 10.1. The molecule has 3 heteroatoms. The Hall–Kier alpha value is -0.120. The molecule has 0 aromatic rings. The Kier molecular flexibility index (Phi) is 4.22. The minimum Gasteiger partial charge on any atom is -0.381 e. The monoisotopic (exact) mass is 199 g/mol. The molecule has 0 aromatic heterocycles.